The number of benzene rings is 14. The summed E-state index contributed by atoms with van der Waals surface area (Å²) in [6, 6.07) is 102. The molecule has 0 spiro atoms. The van der Waals surface area contributed by atoms with E-state index in [1.54, 1.807) is 18.2 Å². The molecule has 0 bridgehead atoms. The summed E-state index contributed by atoms with van der Waals surface area (Å²) in [7, 11) is -1.48. The number of halogens is 2. The van der Waals surface area contributed by atoms with Crippen molar-refractivity contribution in [1.82, 2.24) is 29.9 Å². The van der Waals surface area contributed by atoms with E-state index in [4.69, 9.17) is 75.2 Å². The van der Waals surface area contributed by atoms with Crippen LogP contribution in [0.1, 0.15) is 0 Å². The van der Waals surface area contributed by atoms with Crippen molar-refractivity contribution in [3.05, 3.63) is 319 Å². The van der Waals surface area contributed by atoms with Crippen molar-refractivity contribution in [1.29, 1.82) is 0 Å². The molecule has 0 amide bonds. The van der Waals surface area contributed by atoms with Gasteiger partial charge in [-0.05, 0) is 94.9 Å². The summed E-state index contributed by atoms with van der Waals surface area (Å²) in [5.74, 6) is 3.51. The van der Waals surface area contributed by atoms with Crippen molar-refractivity contribution in [2.24, 2.45) is 0 Å². The van der Waals surface area contributed by atoms with Crippen LogP contribution < -0.4 is 5.46 Å². The molecule has 16 heteroatoms. The molecule has 0 saturated carbocycles. The predicted molar refractivity (Wildman–Crippen MR) is 426 cm³/mol. The van der Waals surface area contributed by atoms with Gasteiger partial charge in [-0.2, -0.15) is 0 Å². The van der Waals surface area contributed by atoms with Crippen molar-refractivity contribution in [2.75, 3.05) is 0 Å². The molecule has 0 radical (unpaired) electrons. The van der Waals surface area contributed by atoms with Crippen molar-refractivity contribution >= 4 is 145 Å². The highest BCUT2D eigenvalue weighted by Crippen LogP contribution is 2.48. The van der Waals surface area contributed by atoms with Gasteiger partial charge in [0.05, 0.1) is 5.02 Å². The maximum absolute atomic E-state index is 9.31. The molecule has 0 aliphatic carbocycles. The Morgan fingerprint density at radius 3 is 1.02 bits per heavy atom. The van der Waals surface area contributed by atoms with Crippen molar-refractivity contribution in [3.8, 4) is 90.6 Å². The molecule has 21 rings (SSSR count). The van der Waals surface area contributed by atoms with Gasteiger partial charge in [0, 0.05) is 97.8 Å². The third-order valence-electron chi connectivity index (χ3n) is 19.1. The molecule has 106 heavy (non-hydrogen) atoms. The van der Waals surface area contributed by atoms with E-state index >= 15 is 0 Å². The fourth-order valence-electron chi connectivity index (χ4n) is 14.4. The summed E-state index contributed by atoms with van der Waals surface area (Å²) in [5.41, 5.74) is 17.4. The number of aromatic nitrogens is 6. The second-order valence-corrected chi connectivity index (χ2v) is 26.4. The van der Waals surface area contributed by atoms with Crippen molar-refractivity contribution in [2.45, 2.75) is 0 Å². The van der Waals surface area contributed by atoms with Crippen molar-refractivity contribution < 1.29 is 32.1 Å². The van der Waals surface area contributed by atoms with Gasteiger partial charge in [0.15, 0.2) is 40.5 Å². The second kappa shape index (κ2) is 26.5. The van der Waals surface area contributed by atoms with Gasteiger partial charge in [-0.3, -0.25) is 0 Å². The lowest BCUT2D eigenvalue weighted by Gasteiger charge is -2.11. The molecule has 7 heterocycles. The minimum Gasteiger partial charge on any atom is -0.456 e. The largest absolute Gasteiger partial charge is 0.489 e. The summed E-state index contributed by atoms with van der Waals surface area (Å²) in [6.07, 6.45) is 0. The first-order valence-electron chi connectivity index (χ1n) is 34.3. The van der Waals surface area contributed by atoms with E-state index in [1.165, 1.54) is 0 Å². The molecule has 13 nitrogen and oxygen atoms in total. The van der Waals surface area contributed by atoms with Crippen LogP contribution in [-0.4, -0.2) is 47.1 Å². The van der Waals surface area contributed by atoms with E-state index in [0.29, 0.717) is 67.2 Å². The average molecular weight is 1410 g/mol. The molecule has 7 aromatic heterocycles. The maximum atomic E-state index is 9.31. The minimum absolute atomic E-state index is 0.463. The first kappa shape index (κ1) is 63.6. The number of fused-ring (bicyclic) bond motifs is 15. The summed E-state index contributed by atoms with van der Waals surface area (Å²) in [6.45, 7) is 0. The van der Waals surface area contributed by atoms with Gasteiger partial charge in [-0.15, -0.1) is 0 Å². The molecule has 21 aromatic rings. The van der Waals surface area contributed by atoms with Gasteiger partial charge in [-0.25, -0.2) is 29.9 Å². The Balaban J connectivity index is 0.000000131. The summed E-state index contributed by atoms with van der Waals surface area (Å²) in [4.78, 5) is 29.7. The van der Waals surface area contributed by atoms with Crippen LogP contribution >= 0.6 is 23.2 Å². The lowest BCUT2D eigenvalue weighted by Crippen LogP contribution is -2.30. The first-order valence-corrected chi connectivity index (χ1v) is 35.1. The lowest BCUT2D eigenvalue weighted by atomic mass is 9.77. The van der Waals surface area contributed by atoms with Crippen LogP contribution in [0.5, 0.6) is 0 Å². The Kier molecular flexibility index (Phi) is 15.9. The van der Waals surface area contributed by atoms with E-state index < -0.39 is 7.12 Å². The first-order chi connectivity index (χ1) is 52.2. The zero-order valence-electron chi connectivity index (χ0n) is 55.9. The fraction of sp³-hybridized carbons (Fsp3) is 0. The number of nitrogens with zero attached hydrogens (tertiary/aromatic N) is 6. The number of furan rings is 5. The van der Waals surface area contributed by atoms with E-state index in [1.807, 2.05) is 224 Å². The van der Waals surface area contributed by atoms with Crippen LogP contribution in [-0.2, 0) is 0 Å². The van der Waals surface area contributed by atoms with Gasteiger partial charge in [0.2, 0.25) is 0 Å². The van der Waals surface area contributed by atoms with Crippen LogP contribution in [0.3, 0.4) is 0 Å². The van der Waals surface area contributed by atoms with E-state index in [2.05, 4.69) is 66.7 Å². The molecule has 0 unspecified atom stereocenters. The molecule has 14 aromatic carbocycles. The molecule has 0 saturated heterocycles. The smallest absolute Gasteiger partial charge is 0.456 e. The molecule has 0 fully saturated rings. The third kappa shape index (κ3) is 11.3. The van der Waals surface area contributed by atoms with Crippen LogP contribution in [0.15, 0.2) is 331 Å². The van der Waals surface area contributed by atoms with Crippen molar-refractivity contribution in [3.63, 3.8) is 0 Å². The minimum atomic E-state index is -1.48. The van der Waals surface area contributed by atoms with Crippen LogP contribution in [0.25, 0.3) is 200 Å². The van der Waals surface area contributed by atoms with Crippen LogP contribution in [0.2, 0.25) is 10.0 Å². The Hall–Kier alpha value is -13.3. The highest BCUT2D eigenvalue weighted by Gasteiger charge is 2.26. The Morgan fingerprint density at radius 1 is 0.236 bits per heavy atom. The standard InChI is InChI=1S/C51H29N3O3.C27H15Cl2N3O.C12H9BO3/c1-3-14-30(15-4-1)49-52-50(31-16-5-2-6-17-31)54-51(53-49)37-22-13-27-44-47(37)39-29-32(33-20-11-25-42-45(33)35-18-7-9-23-40(35)55-42)28-38(48(39)57-44)34-21-12-26-43-46(34)36-19-8-10-24-41(36)56-43;28-18-14-20-23-19(12-7-13-22(23)33-24(20)21(29)15-18)27-31-25(16-8-3-1-4-9-16)30-26(32-27)17-10-5-2-6-11-17;14-13(15)9-5-3-7-11-12(9)8-4-1-2-6-10(8)16-11/h1-29H;1-15H;1-7,14-15H. The van der Waals surface area contributed by atoms with Gasteiger partial charge >= 0.3 is 7.12 Å². The second-order valence-electron chi connectivity index (χ2n) is 25.5. The Labute approximate surface area is 613 Å². The van der Waals surface area contributed by atoms with E-state index in [9.17, 15) is 10.0 Å². The number of para-hydroxylation sites is 3. The number of hydrogen-bond donors (Lipinski definition) is 2. The third-order valence-corrected chi connectivity index (χ3v) is 19.6. The zero-order chi connectivity index (χ0) is 70.9. The highest BCUT2D eigenvalue weighted by atomic mass is 35.5. The summed E-state index contributed by atoms with van der Waals surface area (Å²) in [5, 5.41) is 29.1. The maximum Gasteiger partial charge on any atom is 0.489 e. The van der Waals surface area contributed by atoms with Crippen LogP contribution in [0.4, 0.5) is 0 Å². The highest BCUT2D eigenvalue weighted by molar-refractivity contribution is 6.62. The average Bonchev–Trinajstić information content (AvgIpc) is 1.56. The number of hydrogen-bond acceptors (Lipinski definition) is 13. The Morgan fingerprint density at radius 2 is 0.566 bits per heavy atom. The summed E-state index contributed by atoms with van der Waals surface area (Å²) >= 11 is 12.7. The molecule has 2 N–H and O–H groups in total. The zero-order valence-corrected chi connectivity index (χ0v) is 57.4. The summed E-state index contributed by atoms with van der Waals surface area (Å²) < 4.78 is 31.5. The van der Waals surface area contributed by atoms with Gasteiger partial charge in [0.25, 0.3) is 0 Å². The molecular formula is C90H53BCl2N6O7. The SMILES string of the molecule is Clc1cc(Cl)c2oc3cccc(-c4nc(-c5ccccc5)nc(-c5ccccc5)n4)c3c2c1.OB(O)c1cccc2oc3ccccc3c12.c1ccc(-c2nc(-c3ccccc3)nc(-c3cccc4oc5c(-c6cccc7oc8ccccc8c67)cc(-c6cccc7oc8ccccc8c67)cc5c34)n2)cc1. The Bertz CT molecular complexity index is 6870. The fourth-order valence-corrected chi connectivity index (χ4v) is 14.9. The molecular weight excluding hydrogens is 1360 g/mol. The predicted octanol–water partition coefficient (Wildman–Crippen LogP) is 23.2. The molecule has 502 valence electrons. The topological polar surface area (TPSA) is 183 Å². The van der Waals surface area contributed by atoms with E-state index in [0.717, 1.165) is 149 Å². The van der Waals surface area contributed by atoms with Gasteiger partial charge < -0.3 is 32.1 Å². The van der Waals surface area contributed by atoms with E-state index in [-0.39, 0.29) is 0 Å². The molecule has 0 atom stereocenters. The lowest BCUT2D eigenvalue weighted by molar-refractivity contribution is 0.426. The normalized spacial score (nSPS) is 11.6. The van der Waals surface area contributed by atoms with Crippen LogP contribution in [0, 0.1) is 0 Å². The molecule has 0 aliphatic heterocycles. The monoisotopic (exact) mass is 1410 g/mol. The molecule has 0 aliphatic rings. The quantitative estimate of drug-likeness (QED) is 0.130. The van der Waals surface area contributed by atoms with Gasteiger partial charge in [-0.1, -0.05) is 260 Å². The number of rotatable bonds is 9. The van der Waals surface area contributed by atoms with Gasteiger partial charge in [0.1, 0.15) is 50.2 Å².